The third-order valence-electron chi connectivity index (χ3n) is 2.64. The normalized spacial score (nSPS) is 12.9. The Bertz CT molecular complexity index is 717. The van der Waals surface area contributed by atoms with Crippen molar-refractivity contribution in [2.24, 2.45) is 0 Å². The first-order chi connectivity index (χ1) is 8.59. The van der Waals surface area contributed by atoms with Crippen molar-refractivity contribution in [3.63, 3.8) is 0 Å². The highest BCUT2D eigenvalue weighted by molar-refractivity contribution is 8.77. The first-order valence-corrected chi connectivity index (χ1v) is 6.97. The highest BCUT2D eigenvalue weighted by Crippen LogP contribution is 2.56. The minimum atomic E-state index is -0.580. The van der Waals surface area contributed by atoms with E-state index in [2.05, 4.69) is 0 Å². The topological polar surface area (TPSA) is 86.3 Å². The Hall–Kier alpha value is -1.80. The number of nitro groups is 2. The second-order valence-corrected chi connectivity index (χ2v) is 5.78. The van der Waals surface area contributed by atoms with Gasteiger partial charge in [0, 0.05) is 10.3 Å². The smallest absolute Gasteiger partial charge is 0.258 e. The van der Waals surface area contributed by atoms with Crippen LogP contribution >= 0.6 is 21.6 Å². The van der Waals surface area contributed by atoms with Gasteiger partial charge < -0.3 is 0 Å². The maximum absolute atomic E-state index is 11.0. The van der Waals surface area contributed by atoms with Gasteiger partial charge in [-0.05, 0) is 22.9 Å². The van der Waals surface area contributed by atoms with Crippen LogP contribution in [0.3, 0.4) is 0 Å². The second kappa shape index (κ2) is 3.85. The number of nitrogens with zero attached hydrogens (tertiary/aromatic N) is 2. The number of hydrogen-bond donors (Lipinski definition) is 0. The average molecular weight is 280 g/mol. The van der Waals surface area contributed by atoms with Gasteiger partial charge in [-0.25, -0.2) is 0 Å². The number of benzene rings is 2. The summed E-state index contributed by atoms with van der Waals surface area (Å²) >= 11 is 0. The number of nitro benzene ring substituents is 2. The molecule has 0 radical (unpaired) electrons. The molecule has 6 nitrogen and oxygen atoms in total. The molecule has 1 aliphatic heterocycles. The third-order valence-corrected chi connectivity index (χ3v) is 5.12. The lowest BCUT2D eigenvalue weighted by molar-refractivity contribution is -0.394. The van der Waals surface area contributed by atoms with Crippen LogP contribution in [0, 0.1) is 20.2 Å². The summed E-state index contributed by atoms with van der Waals surface area (Å²) in [6.07, 6.45) is 0. The van der Waals surface area contributed by atoms with Crippen molar-refractivity contribution in [1.29, 1.82) is 0 Å². The molecule has 2 aromatic carbocycles. The van der Waals surface area contributed by atoms with E-state index in [0.717, 1.165) is 11.0 Å². The molecule has 0 N–H and O–H groups in total. The summed E-state index contributed by atoms with van der Waals surface area (Å²) in [6, 6.07) is 6.19. The van der Waals surface area contributed by atoms with Crippen molar-refractivity contribution >= 4 is 43.7 Å². The zero-order chi connectivity index (χ0) is 12.9. The second-order valence-electron chi connectivity index (χ2n) is 3.60. The molecule has 0 saturated heterocycles. The molecule has 2 aromatic rings. The molecule has 0 spiro atoms. The van der Waals surface area contributed by atoms with Gasteiger partial charge in [-0.3, -0.25) is 20.2 Å². The van der Waals surface area contributed by atoms with Crippen molar-refractivity contribution in [2.45, 2.75) is 9.79 Å². The van der Waals surface area contributed by atoms with Crippen LogP contribution < -0.4 is 0 Å². The molecule has 1 aliphatic rings. The molecule has 0 unspecified atom stereocenters. The molecule has 0 saturated carbocycles. The van der Waals surface area contributed by atoms with Crippen LogP contribution in [0.2, 0.25) is 0 Å². The number of rotatable bonds is 2. The fourth-order valence-corrected chi connectivity index (χ4v) is 4.54. The predicted octanol–water partition coefficient (Wildman–Crippen LogP) is 3.77. The van der Waals surface area contributed by atoms with Crippen molar-refractivity contribution in [2.75, 3.05) is 0 Å². The minimum absolute atomic E-state index is 0.198. The van der Waals surface area contributed by atoms with E-state index < -0.39 is 9.85 Å². The summed E-state index contributed by atoms with van der Waals surface area (Å²) in [7, 11) is 2.66. The van der Waals surface area contributed by atoms with E-state index in [9.17, 15) is 20.2 Å². The highest BCUT2D eigenvalue weighted by atomic mass is 33.1. The molecule has 0 amide bonds. The molecule has 1 heterocycles. The standard InChI is InChI=1S/C10H4N2O4S2/c13-11(14)6-4-7(12(15)16)10-9-5(6)2-1-3-8(9)17-18-10/h1-4H. The Balaban J connectivity index is 2.51. The van der Waals surface area contributed by atoms with Gasteiger partial charge >= 0.3 is 0 Å². The lowest BCUT2D eigenvalue weighted by atomic mass is 10.1. The molecular weight excluding hydrogens is 276 g/mol. The first kappa shape index (κ1) is 11.3. The zero-order valence-electron chi connectivity index (χ0n) is 8.65. The summed E-state index contributed by atoms with van der Waals surface area (Å²) in [4.78, 5) is 22.2. The largest absolute Gasteiger partial charge is 0.291 e. The first-order valence-electron chi connectivity index (χ1n) is 4.82. The number of hydrogen-bond acceptors (Lipinski definition) is 6. The summed E-state index contributed by atoms with van der Waals surface area (Å²) in [6.45, 7) is 0. The summed E-state index contributed by atoms with van der Waals surface area (Å²) in [5.41, 5.74) is -0.415. The van der Waals surface area contributed by atoms with E-state index in [1.807, 2.05) is 6.07 Å². The van der Waals surface area contributed by atoms with Gasteiger partial charge in [0.25, 0.3) is 11.4 Å². The van der Waals surface area contributed by atoms with Gasteiger partial charge in [-0.2, -0.15) is 0 Å². The lowest BCUT2D eigenvalue weighted by Gasteiger charge is -2.02. The molecule has 0 fully saturated rings. The van der Waals surface area contributed by atoms with Crippen LogP contribution in [0.5, 0.6) is 0 Å². The minimum Gasteiger partial charge on any atom is -0.258 e. The van der Waals surface area contributed by atoms with E-state index in [4.69, 9.17) is 0 Å². The van der Waals surface area contributed by atoms with Crippen molar-refractivity contribution in [1.82, 2.24) is 0 Å². The fourth-order valence-electron chi connectivity index (χ4n) is 1.91. The lowest BCUT2D eigenvalue weighted by Crippen LogP contribution is -1.95. The quantitative estimate of drug-likeness (QED) is 0.473. The summed E-state index contributed by atoms with van der Waals surface area (Å²) in [5.74, 6) is 0. The maximum Gasteiger partial charge on any atom is 0.291 e. The summed E-state index contributed by atoms with van der Waals surface area (Å²) < 4.78 is 0. The Kier molecular flexibility index (Phi) is 2.42. The van der Waals surface area contributed by atoms with E-state index in [0.29, 0.717) is 15.7 Å². The van der Waals surface area contributed by atoms with Crippen molar-refractivity contribution in [3.8, 4) is 0 Å². The predicted molar refractivity (Wildman–Crippen MR) is 69.0 cm³/mol. The van der Waals surface area contributed by atoms with E-state index >= 15 is 0 Å². The molecule has 0 aliphatic carbocycles. The molecule has 18 heavy (non-hydrogen) atoms. The third kappa shape index (κ3) is 1.46. The highest BCUT2D eigenvalue weighted by Gasteiger charge is 2.30. The molecule has 0 aromatic heterocycles. The van der Waals surface area contributed by atoms with E-state index in [1.54, 1.807) is 12.1 Å². The molecular formula is C10H4N2O4S2. The van der Waals surface area contributed by atoms with Crippen LogP contribution in [0.1, 0.15) is 0 Å². The zero-order valence-corrected chi connectivity index (χ0v) is 10.3. The van der Waals surface area contributed by atoms with Crippen LogP contribution in [-0.4, -0.2) is 9.85 Å². The number of non-ortho nitro benzene ring substituents is 1. The fraction of sp³-hybridized carbons (Fsp3) is 0. The van der Waals surface area contributed by atoms with Gasteiger partial charge in [-0.1, -0.05) is 16.9 Å². The summed E-state index contributed by atoms with van der Waals surface area (Å²) in [5, 5.41) is 23.1. The molecule has 0 bridgehead atoms. The Morgan fingerprint density at radius 1 is 1.00 bits per heavy atom. The van der Waals surface area contributed by atoms with Gasteiger partial charge in [0.1, 0.15) is 4.90 Å². The van der Waals surface area contributed by atoms with Crippen molar-refractivity contribution < 1.29 is 9.85 Å². The average Bonchev–Trinajstić information content (AvgIpc) is 2.75. The van der Waals surface area contributed by atoms with Crippen molar-refractivity contribution in [3.05, 3.63) is 44.5 Å². The monoisotopic (exact) mass is 280 g/mol. The van der Waals surface area contributed by atoms with Gasteiger partial charge in [0.05, 0.1) is 21.3 Å². The molecule has 8 heteroatoms. The maximum atomic E-state index is 11.0. The van der Waals surface area contributed by atoms with Gasteiger partial charge in [0.2, 0.25) is 0 Å². The Morgan fingerprint density at radius 3 is 2.39 bits per heavy atom. The van der Waals surface area contributed by atoms with Crippen LogP contribution in [0.25, 0.3) is 10.8 Å². The molecule has 3 rings (SSSR count). The van der Waals surface area contributed by atoms with E-state index in [-0.39, 0.29) is 11.4 Å². The van der Waals surface area contributed by atoms with Crippen LogP contribution in [0.4, 0.5) is 11.4 Å². The van der Waals surface area contributed by atoms with E-state index in [1.165, 1.54) is 21.6 Å². The molecule has 0 atom stereocenters. The Morgan fingerprint density at radius 2 is 1.72 bits per heavy atom. The SMILES string of the molecule is O=[N+]([O-])c1cc([N+](=O)[O-])c2cccc3c2c1SS3. The van der Waals surface area contributed by atoms with Crippen LogP contribution in [0.15, 0.2) is 34.1 Å². The van der Waals surface area contributed by atoms with Gasteiger partial charge in [-0.15, -0.1) is 0 Å². The van der Waals surface area contributed by atoms with Gasteiger partial charge in [0.15, 0.2) is 0 Å². The molecule has 90 valence electrons. The Labute approximate surface area is 108 Å². The van der Waals surface area contributed by atoms with Crippen LogP contribution in [-0.2, 0) is 0 Å².